The van der Waals surface area contributed by atoms with Crippen LogP contribution in [0.25, 0.3) is 0 Å². The Labute approximate surface area is 118 Å². The molecule has 88 valence electrons. The minimum absolute atomic E-state index is 0.142. The fraction of sp³-hybridized carbons (Fsp3) is 0. The lowest BCUT2D eigenvalue weighted by molar-refractivity contribution is 0.0703. The molecule has 0 aromatic carbocycles. The van der Waals surface area contributed by atoms with Crippen molar-refractivity contribution in [2.24, 2.45) is 0 Å². The molecule has 0 saturated carbocycles. The van der Waals surface area contributed by atoms with Crippen LogP contribution in [0.3, 0.4) is 0 Å². The van der Waals surface area contributed by atoms with E-state index in [9.17, 15) is 9.59 Å². The number of hydrogen-bond acceptors (Lipinski definition) is 4. The van der Waals surface area contributed by atoms with Gasteiger partial charge < -0.3 is 10.4 Å². The summed E-state index contributed by atoms with van der Waals surface area (Å²) in [6.07, 6.45) is 0. The zero-order valence-electron chi connectivity index (χ0n) is 8.27. The number of carbonyl (C=O) groups excluding carboxylic acids is 1. The third-order valence-electron chi connectivity index (χ3n) is 1.94. The van der Waals surface area contributed by atoms with Crippen molar-refractivity contribution in [1.82, 2.24) is 0 Å². The average molecular weight is 379 g/mol. The first-order valence-corrected chi connectivity index (χ1v) is 7.28. The van der Waals surface area contributed by atoms with E-state index in [1.165, 1.54) is 11.3 Å². The molecule has 0 saturated heterocycles. The van der Waals surface area contributed by atoms with Gasteiger partial charge in [0.25, 0.3) is 5.91 Å². The van der Waals surface area contributed by atoms with Crippen LogP contribution in [0.2, 0.25) is 0 Å². The van der Waals surface area contributed by atoms with Crippen LogP contribution in [0.15, 0.2) is 22.9 Å². The van der Waals surface area contributed by atoms with Gasteiger partial charge in [0.15, 0.2) is 0 Å². The molecule has 0 unspecified atom stereocenters. The fourth-order valence-electron chi connectivity index (χ4n) is 1.20. The van der Waals surface area contributed by atoms with E-state index in [1.54, 1.807) is 22.9 Å². The Morgan fingerprint density at radius 1 is 1.35 bits per heavy atom. The molecule has 17 heavy (non-hydrogen) atoms. The van der Waals surface area contributed by atoms with E-state index in [4.69, 9.17) is 5.11 Å². The van der Waals surface area contributed by atoms with Gasteiger partial charge in [0, 0.05) is 5.38 Å². The topological polar surface area (TPSA) is 66.4 Å². The monoisotopic (exact) mass is 379 g/mol. The van der Waals surface area contributed by atoms with Crippen LogP contribution in [0, 0.1) is 2.88 Å². The molecule has 0 atom stereocenters. The number of rotatable bonds is 3. The molecule has 0 bridgehead atoms. The minimum atomic E-state index is -1.03. The lowest BCUT2D eigenvalue weighted by Crippen LogP contribution is -2.12. The number of nitrogens with one attached hydrogen (secondary N) is 1. The normalized spacial score (nSPS) is 10.2. The van der Waals surface area contributed by atoms with Crippen LogP contribution >= 0.6 is 45.3 Å². The van der Waals surface area contributed by atoms with Crippen LogP contribution < -0.4 is 5.32 Å². The fourth-order valence-corrected chi connectivity index (χ4v) is 3.21. The van der Waals surface area contributed by atoms with Gasteiger partial charge in [-0.05, 0) is 40.1 Å². The van der Waals surface area contributed by atoms with E-state index in [1.807, 2.05) is 0 Å². The van der Waals surface area contributed by atoms with Crippen molar-refractivity contribution < 1.29 is 14.7 Å². The van der Waals surface area contributed by atoms with Crippen molar-refractivity contribution in [3.63, 3.8) is 0 Å². The molecule has 1 amide bonds. The smallest absolute Gasteiger partial charge is 0.348 e. The molecular formula is C10H6INO3S2. The van der Waals surface area contributed by atoms with Crippen molar-refractivity contribution in [3.05, 3.63) is 36.2 Å². The predicted octanol–water partition coefficient (Wildman–Crippen LogP) is 3.36. The Hall–Kier alpha value is -0.930. The summed E-state index contributed by atoms with van der Waals surface area (Å²) in [6, 6.07) is 3.34. The number of halogens is 1. The van der Waals surface area contributed by atoms with E-state index >= 15 is 0 Å². The van der Waals surface area contributed by atoms with Gasteiger partial charge >= 0.3 is 5.97 Å². The molecule has 0 aliphatic rings. The molecule has 2 heterocycles. The molecule has 4 nitrogen and oxygen atoms in total. The SMILES string of the molecule is O=C(Nc1ccsc1C(=O)O)c1csc(I)c1. The van der Waals surface area contributed by atoms with Gasteiger partial charge in [0.2, 0.25) is 0 Å². The standard InChI is InChI=1S/C10H6INO3S2/c11-7-3-5(4-17-7)9(13)12-6-1-2-16-8(6)10(14)15/h1-4H,(H,12,13)(H,14,15). The second-order valence-electron chi connectivity index (χ2n) is 3.06. The highest BCUT2D eigenvalue weighted by molar-refractivity contribution is 14.1. The summed E-state index contributed by atoms with van der Waals surface area (Å²) in [5.74, 6) is -1.32. The van der Waals surface area contributed by atoms with Crippen molar-refractivity contribution >= 4 is 62.8 Å². The van der Waals surface area contributed by atoms with E-state index in [-0.39, 0.29) is 10.8 Å². The zero-order valence-corrected chi connectivity index (χ0v) is 12.1. The molecule has 2 rings (SSSR count). The molecule has 0 aliphatic carbocycles. The number of hydrogen-bond donors (Lipinski definition) is 2. The molecule has 7 heteroatoms. The summed E-state index contributed by atoms with van der Waals surface area (Å²) in [6.45, 7) is 0. The van der Waals surface area contributed by atoms with Crippen LogP contribution in [-0.2, 0) is 0 Å². The maximum Gasteiger partial charge on any atom is 0.348 e. The molecule has 0 fully saturated rings. The highest BCUT2D eigenvalue weighted by Gasteiger charge is 2.15. The number of amides is 1. The Kier molecular flexibility index (Phi) is 3.79. The Bertz CT molecular complexity index is 576. The van der Waals surface area contributed by atoms with Crippen molar-refractivity contribution in [3.8, 4) is 0 Å². The Morgan fingerprint density at radius 3 is 2.71 bits per heavy atom. The molecule has 2 aromatic rings. The minimum Gasteiger partial charge on any atom is -0.477 e. The molecular weight excluding hydrogens is 373 g/mol. The second kappa shape index (κ2) is 5.15. The third-order valence-corrected chi connectivity index (χ3v) is 4.63. The molecule has 2 aromatic heterocycles. The summed E-state index contributed by atoms with van der Waals surface area (Å²) in [7, 11) is 0. The first-order chi connectivity index (χ1) is 8.08. The maximum atomic E-state index is 11.8. The lowest BCUT2D eigenvalue weighted by atomic mass is 10.3. The number of aromatic carboxylic acids is 1. The van der Waals surface area contributed by atoms with Gasteiger partial charge in [0.05, 0.1) is 14.1 Å². The van der Waals surface area contributed by atoms with Gasteiger partial charge in [-0.1, -0.05) is 0 Å². The Balaban J connectivity index is 2.18. The molecule has 0 spiro atoms. The third kappa shape index (κ3) is 2.85. The van der Waals surface area contributed by atoms with Crippen LogP contribution in [0.4, 0.5) is 5.69 Å². The maximum absolute atomic E-state index is 11.8. The van der Waals surface area contributed by atoms with E-state index in [2.05, 4.69) is 27.9 Å². The molecule has 0 radical (unpaired) electrons. The molecule has 0 aliphatic heterocycles. The van der Waals surface area contributed by atoms with Gasteiger partial charge in [-0.3, -0.25) is 4.79 Å². The predicted molar refractivity (Wildman–Crippen MR) is 76.3 cm³/mol. The van der Waals surface area contributed by atoms with Gasteiger partial charge in [-0.2, -0.15) is 0 Å². The first kappa shape index (κ1) is 12.5. The highest BCUT2D eigenvalue weighted by Crippen LogP contribution is 2.24. The number of anilines is 1. The Morgan fingerprint density at radius 2 is 2.12 bits per heavy atom. The zero-order chi connectivity index (χ0) is 12.4. The summed E-state index contributed by atoms with van der Waals surface area (Å²) < 4.78 is 1.01. The second-order valence-corrected chi connectivity index (χ2v) is 6.78. The van der Waals surface area contributed by atoms with Crippen molar-refractivity contribution in [2.75, 3.05) is 5.32 Å². The van der Waals surface area contributed by atoms with Crippen molar-refractivity contribution in [1.29, 1.82) is 0 Å². The van der Waals surface area contributed by atoms with Gasteiger partial charge in [-0.25, -0.2) is 4.79 Å². The largest absolute Gasteiger partial charge is 0.477 e. The number of carboxylic acid groups (broad SMARTS) is 1. The lowest BCUT2D eigenvalue weighted by Gasteiger charge is -2.02. The van der Waals surface area contributed by atoms with Crippen molar-refractivity contribution in [2.45, 2.75) is 0 Å². The van der Waals surface area contributed by atoms with Crippen LogP contribution in [-0.4, -0.2) is 17.0 Å². The van der Waals surface area contributed by atoms with Crippen LogP contribution in [0.1, 0.15) is 20.0 Å². The summed E-state index contributed by atoms with van der Waals surface area (Å²) in [5, 5.41) is 14.9. The average Bonchev–Trinajstić information content (AvgIpc) is 2.86. The summed E-state index contributed by atoms with van der Waals surface area (Å²) >= 11 is 4.68. The number of carboxylic acids is 1. The summed E-state index contributed by atoms with van der Waals surface area (Å²) in [4.78, 5) is 22.8. The molecule has 2 N–H and O–H groups in total. The van der Waals surface area contributed by atoms with E-state index < -0.39 is 5.97 Å². The van der Waals surface area contributed by atoms with Crippen LogP contribution in [0.5, 0.6) is 0 Å². The quantitative estimate of drug-likeness (QED) is 0.804. The highest BCUT2D eigenvalue weighted by atomic mass is 127. The number of thiophene rings is 2. The summed E-state index contributed by atoms with van der Waals surface area (Å²) in [5.41, 5.74) is 0.885. The van der Waals surface area contributed by atoms with E-state index in [0.29, 0.717) is 11.3 Å². The number of carbonyl (C=O) groups is 2. The first-order valence-electron chi connectivity index (χ1n) is 4.44. The van der Waals surface area contributed by atoms with Gasteiger partial charge in [-0.15, -0.1) is 22.7 Å². The van der Waals surface area contributed by atoms with E-state index in [0.717, 1.165) is 14.2 Å². The van der Waals surface area contributed by atoms with Gasteiger partial charge in [0.1, 0.15) is 4.88 Å².